The van der Waals surface area contributed by atoms with E-state index in [1.165, 1.54) is 0 Å². The Morgan fingerprint density at radius 2 is 2.04 bits per heavy atom. The van der Waals surface area contributed by atoms with Gasteiger partial charge in [0.15, 0.2) is 0 Å². The van der Waals surface area contributed by atoms with Crippen molar-refractivity contribution in [3.8, 4) is 0 Å². The number of benzene rings is 1. The van der Waals surface area contributed by atoms with E-state index in [-0.39, 0.29) is 23.8 Å². The average Bonchev–Trinajstić information content (AvgIpc) is 3.05. The average molecular weight is 358 g/mol. The van der Waals surface area contributed by atoms with Gasteiger partial charge in [-0.25, -0.2) is 4.99 Å². The van der Waals surface area contributed by atoms with Gasteiger partial charge < -0.3 is 9.47 Å². The minimum absolute atomic E-state index is 0.00580. The maximum absolute atomic E-state index is 12.6. The van der Waals surface area contributed by atoms with Gasteiger partial charge in [-0.3, -0.25) is 10.1 Å². The Balaban J connectivity index is 2.03. The maximum Gasteiger partial charge on any atom is 0.416 e. The number of hydrogen-bond donors (Lipinski definition) is 1. The van der Waals surface area contributed by atoms with Crippen LogP contribution in [0.4, 0.5) is 13.2 Å². The molecule has 0 spiro atoms. The van der Waals surface area contributed by atoms with Gasteiger partial charge in [0, 0.05) is 12.2 Å². The largest absolute Gasteiger partial charge is 0.462 e. The van der Waals surface area contributed by atoms with E-state index >= 15 is 0 Å². The van der Waals surface area contributed by atoms with Crippen LogP contribution in [0.25, 0.3) is 0 Å². The minimum atomic E-state index is -4.44. The fraction of sp³-hybridized carbons (Fsp3) is 0.529. The molecule has 1 fully saturated rings. The molecule has 1 atom stereocenters. The molecule has 1 N–H and O–H groups in total. The normalized spacial score (nSPS) is 18.5. The molecule has 1 aromatic rings. The van der Waals surface area contributed by atoms with E-state index in [0.29, 0.717) is 13.2 Å². The molecule has 1 aliphatic rings. The molecule has 1 heterocycles. The first-order valence-corrected chi connectivity index (χ1v) is 8.07. The van der Waals surface area contributed by atoms with Crippen molar-refractivity contribution in [2.24, 2.45) is 4.99 Å². The van der Waals surface area contributed by atoms with Crippen molar-refractivity contribution in [3.05, 3.63) is 35.4 Å². The third-order valence-corrected chi connectivity index (χ3v) is 3.50. The molecule has 1 amide bonds. The molecule has 25 heavy (non-hydrogen) atoms. The van der Waals surface area contributed by atoms with Crippen molar-refractivity contribution in [3.63, 3.8) is 0 Å². The second-order valence-corrected chi connectivity index (χ2v) is 5.98. The van der Waals surface area contributed by atoms with Gasteiger partial charge in [0.25, 0.3) is 11.9 Å². The molecule has 5 nitrogen and oxygen atoms in total. The highest BCUT2D eigenvalue weighted by Gasteiger charge is 2.30. The van der Waals surface area contributed by atoms with Gasteiger partial charge in [-0.15, -0.1) is 0 Å². The highest BCUT2D eigenvalue weighted by Crippen LogP contribution is 2.29. The van der Waals surface area contributed by atoms with Crippen LogP contribution in [-0.2, 0) is 15.7 Å². The van der Waals surface area contributed by atoms with Crippen LogP contribution in [-0.4, -0.2) is 37.3 Å². The van der Waals surface area contributed by atoms with Gasteiger partial charge in [-0.05, 0) is 51.0 Å². The summed E-state index contributed by atoms with van der Waals surface area (Å²) in [5, 5.41) is 2.50. The summed E-state index contributed by atoms with van der Waals surface area (Å²) >= 11 is 0. The summed E-state index contributed by atoms with van der Waals surface area (Å²) in [5.74, 6) is -0.583. The summed E-state index contributed by atoms with van der Waals surface area (Å²) in [6, 6.07) is 4.00. The summed E-state index contributed by atoms with van der Waals surface area (Å²) in [4.78, 5) is 16.4. The quantitative estimate of drug-likeness (QED) is 0.663. The Kier molecular flexibility index (Phi) is 6.41. The van der Waals surface area contributed by atoms with Crippen LogP contribution in [0.5, 0.6) is 0 Å². The number of ether oxygens (including phenoxy) is 2. The second-order valence-electron chi connectivity index (χ2n) is 5.98. The predicted molar refractivity (Wildman–Crippen MR) is 86.4 cm³/mol. The van der Waals surface area contributed by atoms with Crippen LogP contribution in [0.2, 0.25) is 0 Å². The molecule has 138 valence electrons. The Bertz CT molecular complexity index is 607. The molecular formula is C17H21F3N2O3. The monoisotopic (exact) mass is 358 g/mol. The van der Waals surface area contributed by atoms with Crippen molar-refractivity contribution in [1.82, 2.24) is 5.32 Å². The first kappa shape index (κ1) is 19.2. The van der Waals surface area contributed by atoms with Gasteiger partial charge in [0.2, 0.25) is 0 Å². The molecular weight excluding hydrogens is 337 g/mol. The minimum Gasteiger partial charge on any atom is -0.462 e. The van der Waals surface area contributed by atoms with Gasteiger partial charge in [-0.1, -0.05) is 0 Å². The van der Waals surface area contributed by atoms with E-state index in [9.17, 15) is 18.0 Å². The second kappa shape index (κ2) is 8.33. The van der Waals surface area contributed by atoms with Crippen molar-refractivity contribution in [1.29, 1.82) is 0 Å². The lowest BCUT2D eigenvalue weighted by atomic mass is 10.1. The van der Waals surface area contributed by atoms with E-state index in [4.69, 9.17) is 9.47 Å². The smallest absolute Gasteiger partial charge is 0.416 e. The number of rotatable bonds is 4. The van der Waals surface area contributed by atoms with Crippen molar-refractivity contribution in [2.45, 2.75) is 45.1 Å². The number of carbonyl (C=O) groups excluding carboxylic acids is 1. The van der Waals surface area contributed by atoms with Gasteiger partial charge in [-0.2, -0.15) is 13.2 Å². The predicted octanol–water partition coefficient (Wildman–Crippen LogP) is 3.40. The van der Waals surface area contributed by atoms with Gasteiger partial charge in [0.1, 0.15) is 0 Å². The van der Waals surface area contributed by atoms with E-state index in [1.807, 2.05) is 0 Å². The first-order valence-electron chi connectivity index (χ1n) is 8.07. The van der Waals surface area contributed by atoms with Crippen LogP contribution in [0, 0.1) is 0 Å². The molecule has 2 rings (SSSR count). The number of hydrogen-bond acceptors (Lipinski definition) is 4. The number of amides is 1. The summed E-state index contributed by atoms with van der Waals surface area (Å²) in [5.41, 5.74) is -0.722. The van der Waals surface area contributed by atoms with Gasteiger partial charge in [0.05, 0.1) is 24.3 Å². The lowest BCUT2D eigenvalue weighted by molar-refractivity contribution is -0.137. The molecule has 1 saturated heterocycles. The number of nitrogens with zero attached hydrogens (tertiary/aromatic N) is 1. The standard InChI is InChI=1S/C17H21F3N2O3/c1-11(2)25-16(21-10-14-4-3-9-24-14)22-15(23)12-5-7-13(8-6-12)17(18,19)20/h5-8,11,14H,3-4,9-10H2,1-2H3,(H,21,22,23). The molecule has 1 aromatic carbocycles. The highest BCUT2D eigenvalue weighted by atomic mass is 19.4. The number of nitrogens with one attached hydrogen (secondary N) is 1. The molecule has 1 aliphatic heterocycles. The van der Waals surface area contributed by atoms with E-state index in [2.05, 4.69) is 10.3 Å². The Labute approximate surface area is 144 Å². The van der Waals surface area contributed by atoms with Crippen LogP contribution in [0.1, 0.15) is 42.6 Å². The summed E-state index contributed by atoms with van der Waals surface area (Å²) in [6.45, 7) is 4.62. The fourth-order valence-electron chi connectivity index (χ4n) is 2.28. The van der Waals surface area contributed by atoms with Crippen LogP contribution < -0.4 is 5.32 Å². The number of amidine groups is 1. The van der Waals surface area contributed by atoms with Crippen LogP contribution in [0.15, 0.2) is 29.3 Å². The lowest BCUT2D eigenvalue weighted by Gasteiger charge is -2.15. The number of alkyl halides is 3. The highest BCUT2D eigenvalue weighted by molar-refractivity contribution is 6.04. The molecule has 1 unspecified atom stereocenters. The van der Waals surface area contributed by atoms with E-state index < -0.39 is 17.6 Å². The molecule has 0 radical (unpaired) electrons. The summed E-state index contributed by atoms with van der Waals surface area (Å²) in [6.07, 6.45) is -2.79. The lowest BCUT2D eigenvalue weighted by Crippen LogP contribution is -2.35. The van der Waals surface area contributed by atoms with Crippen LogP contribution in [0.3, 0.4) is 0 Å². The zero-order valence-electron chi connectivity index (χ0n) is 14.1. The fourth-order valence-corrected chi connectivity index (χ4v) is 2.28. The third-order valence-electron chi connectivity index (χ3n) is 3.50. The number of carbonyl (C=O) groups is 1. The molecule has 0 saturated carbocycles. The Morgan fingerprint density at radius 1 is 1.36 bits per heavy atom. The van der Waals surface area contributed by atoms with Crippen molar-refractivity contribution < 1.29 is 27.4 Å². The SMILES string of the molecule is CC(C)OC(=NCC1CCCO1)NC(=O)c1ccc(C(F)(F)F)cc1. The Hall–Kier alpha value is -2.09. The van der Waals surface area contributed by atoms with E-state index in [1.54, 1.807) is 13.8 Å². The third kappa shape index (κ3) is 6.04. The topological polar surface area (TPSA) is 59.9 Å². The van der Waals surface area contributed by atoms with Crippen molar-refractivity contribution >= 4 is 11.9 Å². The Morgan fingerprint density at radius 3 is 2.56 bits per heavy atom. The molecule has 0 aliphatic carbocycles. The molecule has 0 bridgehead atoms. The maximum atomic E-state index is 12.6. The number of aliphatic imine (C=N–C) groups is 1. The zero-order valence-corrected chi connectivity index (χ0v) is 14.1. The zero-order chi connectivity index (χ0) is 18.4. The van der Waals surface area contributed by atoms with Crippen LogP contribution >= 0.6 is 0 Å². The van der Waals surface area contributed by atoms with E-state index in [0.717, 1.165) is 37.1 Å². The number of halogens is 3. The van der Waals surface area contributed by atoms with Crippen molar-refractivity contribution in [2.75, 3.05) is 13.2 Å². The van der Waals surface area contributed by atoms with Gasteiger partial charge >= 0.3 is 6.18 Å². The molecule has 0 aromatic heterocycles. The first-order chi connectivity index (χ1) is 11.8. The summed E-state index contributed by atoms with van der Waals surface area (Å²) < 4.78 is 48.6. The summed E-state index contributed by atoms with van der Waals surface area (Å²) in [7, 11) is 0. The molecule has 8 heteroatoms.